The highest BCUT2D eigenvalue weighted by molar-refractivity contribution is 5.98. The molecular weight excluding hydrogens is 237 g/mol. The molecule has 5 heteroatoms. The van der Waals surface area contributed by atoms with E-state index in [0.29, 0.717) is 25.9 Å². The Morgan fingerprint density at radius 2 is 2.00 bits per heavy atom. The van der Waals surface area contributed by atoms with Crippen LogP contribution in [0.2, 0.25) is 0 Å². The van der Waals surface area contributed by atoms with Crippen LogP contribution >= 0.6 is 0 Å². The van der Waals surface area contributed by atoms with Crippen LogP contribution in [-0.2, 0) is 4.79 Å². The normalized spacial score (nSPS) is 15.7. The molecule has 0 radical (unpaired) electrons. The fraction of sp³-hybridized carbons (Fsp3) is 0.385. The molecule has 2 rings (SSSR count). The van der Waals surface area contributed by atoms with E-state index in [1.54, 1.807) is 6.07 Å². The van der Waals surface area contributed by atoms with Gasteiger partial charge in [0.05, 0.1) is 7.11 Å². The van der Waals surface area contributed by atoms with Crippen molar-refractivity contribution in [3.8, 4) is 5.75 Å². The molecule has 0 unspecified atom stereocenters. The molecule has 0 aliphatic carbocycles. The first-order valence-electron chi connectivity index (χ1n) is 5.77. The van der Waals surface area contributed by atoms with Crippen LogP contribution in [0.5, 0.6) is 5.75 Å². The van der Waals surface area contributed by atoms with Crippen molar-refractivity contribution in [3.63, 3.8) is 0 Å². The summed E-state index contributed by atoms with van der Waals surface area (Å²) in [5.74, 6) is -0.662. The van der Waals surface area contributed by atoms with Crippen molar-refractivity contribution in [1.29, 1.82) is 0 Å². The highest BCUT2D eigenvalue weighted by atomic mass is 19.1. The standard InChI is InChI=1S/C13H14FNO3/c1-18-11-4-2-3-10(14)12(11)13(17)15-7-5-9(16)6-8-15/h2-4H,5-8H2,1H3. The van der Waals surface area contributed by atoms with E-state index in [1.807, 2.05) is 0 Å². The van der Waals surface area contributed by atoms with Crippen LogP contribution in [0.15, 0.2) is 18.2 Å². The molecule has 0 bridgehead atoms. The molecule has 0 N–H and O–H groups in total. The molecule has 0 saturated carbocycles. The summed E-state index contributed by atoms with van der Waals surface area (Å²) in [7, 11) is 1.39. The molecule has 0 aromatic heterocycles. The number of ketones is 1. The lowest BCUT2D eigenvalue weighted by Gasteiger charge is -2.26. The minimum atomic E-state index is -0.601. The van der Waals surface area contributed by atoms with E-state index in [2.05, 4.69) is 0 Å². The lowest BCUT2D eigenvalue weighted by molar-refractivity contribution is -0.120. The van der Waals surface area contributed by atoms with Crippen LogP contribution in [-0.4, -0.2) is 36.8 Å². The first-order chi connectivity index (χ1) is 8.63. The zero-order valence-corrected chi connectivity index (χ0v) is 10.1. The number of Topliss-reactive ketones (excluding diaryl/α,β-unsaturated/α-hetero) is 1. The molecule has 1 saturated heterocycles. The number of likely N-dealkylation sites (tertiary alicyclic amines) is 1. The molecule has 1 heterocycles. The van der Waals surface area contributed by atoms with Gasteiger partial charge in [0, 0.05) is 25.9 Å². The van der Waals surface area contributed by atoms with E-state index in [0.717, 1.165) is 0 Å². The first kappa shape index (κ1) is 12.5. The van der Waals surface area contributed by atoms with E-state index in [4.69, 9.17) is 4.74 Å². The highest BCUT2D eigenvalue weighted by Crippen LogP contribution is 2.23. The zero-order chi connectivity index (χ0) is 13.1. The molecule has 1 aromatic rings. The lowest BCUT2D eigenvalue weighted by atomic mass is 10.1. The maximum atomic E-state index is 13.7. The number of carbonyl (C=O) groups is 2. The van der Waals surface area contributed by atoms with Crippen molar-refractivity contribution in [2.75, 3.05) is 20.2 Å². The summed E-state index contributed by atoms with van der Waals surface area (Å²) in [6, 6.07) is 4.26. The molecule has 1 fully saturated rings. The smallest absolute Gasteiger partial charge is 0.260 e. The number of amides is 1. The largest absolute Gasteiger partial charge is 0.496 e. The molecule has 0 spiro atoms. The van der Waals surface area contributed by atoms with Crippen molar-refractivity contribution in [2.24, 2.45) is 0 Å². The zero-order valence-electron chi connectivity index (χ0n) is 10.1. The SMILES string of the molecule is COc1cccc(F)c1C(=O)N1CCC(=O)CC1. The monoisotopic (exact) mass is 251 g/mol. The number of rotatable bonds is 2. The van der Waals surface area contributed by atoms with Gasteiger partial charge in [-0.3, -0.25) is 9.59 Å². The molecule has 1 aliphatic heterocycles. The average Bonchev–Trinajstić information content (AvgIpc) is 2.38. The van der Waals surface area contributed by atoms with Crippen molar-refractivity contribution in [2.45, 2.75) is 12.8 Å². The van der Waals surface area contributed by atoms with Crippen molar-refractivity contribution >= 4 is 11.7 Å². The Kier molecular flexibility index (Phi) is 3.60. The third kappa shape index (κ3) is 2.34. The summed E-state index contributed by atoms with van der Waals surface area (Å²) >= 11 is 0. The summed E-state index contributed by atoms with van der Waals surface area (Å²) in [4.78, 5) is 24.8. The molecule has 1 aromatic carbocycles. The fourth-order valence-corrected chi connectivity index (χ4v) is 2.00. The lowest BCUT2D eigenvalue weighted by Crippen LogP contribution is -2.39. The number of ether oxygens (including phenoxy) is 1. The topological polar surface area (TPSA) is 46.6 Å². The Balaban J connectivity index is 2.26. The highest BCUT2D eigenvalue weighted by Gasteiger charge is 2.26. The third-order valence-electron chi connectivity index (χ3n) is 3.02. The van der Waals surface area contributed by atoms with Gasteiger partial charge in [-0.15, -0.1) is 0 Å². The molecule has 1 aliphatic rings. The van der Waals surface area contributed by atoms with Gasteiger partial charge >= 0.3 is 0 Å². The second-order valence-electron chi connectivity index (χ2n) is 4.15. The number of carbonyl (C=O) groups excluding carboxylic acids is 2. The summed E-state index contributed by atoms with van der Waals surface area (Å²) < 4.78 is 18.7. The van der Waals surface area contributed by atoms with E-state index < -0.39 is 11.7 Å². The second kappa shape index (κ2) is 5.16. The van der Waals surface area contributed by atoms with Crippen molar-refractivity contribution in [1.82, 2.24) is 4.90 Å². The summed E-state index contributed by atoms with van der Waals surface area (Å²) in [6.45, 7) is 0.685. The Bertz CT molecular complexity index is 477. The second-order valence-corrected chi connectivity index (χ2v) is 4.15. The number of hydrogen-bond donors (Lipinski definition) is 0. The number of halogens is 1. The molecule has 18 heavy (non-hydrogen) atoms. The van der Waals surface area contributed by atoms with Crippen LogP contribution in [0.4, 0.5) is 4.39 Å². The summed E-state index contributed by atoms with van der Waals surface area (Å²) in [5.41, 5.74) is -0.0608. The number of piperidine rings is 1. The predicted molar refractivity (Wildman–Crippen MR) is 63.1 cm³/mol. The minimum Gasteiger partial charge on any atom is -0.496 e. The Morgan fingerprint density at radius 1 is 1.33 bits per heavy atom. The Morgan fingerprint density at radius 3 is 2.61 bits per heavy atom. The van der Waals surface area contributed by atoms with Crippen molar-refractivity contribution in [3.05, 3.63) is 29.6 Å². The third-order valence-corrected chi connectivity index (χ3v) is 3.02. The molecule has 96 valence electrons. The summed E-state index contributed by atoms with van der Waals surface area (Å²) in [6.07, 6.45) is 0.672. The molecule has 0 atom stereocenters. The number of benzene rings is 1. The van der Waals surface area contributed by atoms with Gasteiger partial charge in [-0.2, -0.15) is 0 Å². The van der Waals surface area contributed by atoms with Gasteiger partial charge in [0.25, 0.3) is 5.91 Å². The van der Waals surface area contributed by atoms with E-state index in [9.17, 15) is 14.0 Å². The van der Waals surface area contributed by atoms with Gasteiger partial charge in [0.2, 0.25) is 0 Å². The Hall–Kier alpha value is -1.91. The minimum absolute atomic E-state index is 0.0608. The summed E-state index contributed by atoms with van der Waals surface area (Å²) in [5, 5.41) is 0. The molecular formula is C13H14FNO3. The quantitative estimate of drug-likeness (QED) is 0.802. The number of methoxy groups -OCH3 is 1. The maximum absolute atomic E-state index is 13.7. The molecule has 1 amide bonds. The first-order valence-corrected chi connectivity index (χ1v) is 5.77. The van der Waals surface area contributed by atoms with Crippen molar-refractivity contribution < 1.29 is 18.7 Å². The van der Waals surface area contributed by atoms with E-state index >= 15 is 0 Å². The van der Waals surface area contributed by atoms with Gasteiger partial charge in [-0.25, -0.2) is 4.39 Å². The average molecular weight is 251 g/mol. The molecule has 4 nitrogen and oxygen atoms in total. The van der Waals surface area contributed by atoms with E-state index in [-0.39, 0.29) is 17.1 Å². The number of nitrogens with zero attached hydrogens (tertiary/aromatic N) is 1. The van der Waals surface area contributed by atoms with Crippen LogP contribution in [0.3, 0.4) is 0 Å². The van der Waals surface area contributed by atoms with Crippen LogP contribution in [0.25, 0.3) is 0 Å². The van der Waals surface area contributed by atoms with Gasteiger partial charge in [0.15, 0.2) is 0 Å². The predicted octanol–water partition coefficient (Wildman–Crippen LogP) is 1.64. The van der Waals surface area contributed by atoms with Crippen LogP contribution in [0, 0.1) is 5.82 Å². The van der Waals surface area contributed by atoms with Crippen LogP contribution in [0.1, 0.15) is 23.2 Å². The van der Waals surface area contributed by atoms with Gasteiger partial charge in [-0.1, -0.05) is 6.07 Å². The Labute approximate surface area is 104 Å². The maximum Gasteiger partial charge on any atom is 0.260 e. The number of hydrogen-bond acceptors (Lipinski definition) is 3. The fourth-order valence-electron chi connectivity index (χ4n) is 2.00. The van der Waals surface area contributed by atoms with Crippen LogP contribution < -0.4 is 4.74 Å². The van der Waals surface area contributed by atoms with Gasteiger partial charge in [0.1, 0.15) is 22.9 Å². The van der Waals surface area contributed by atoms with Gasteiger partial charge < -0.3 is 9.64 Å². The van der Waals surface area contributed by atoms with E-state index in [1.165, 1.54) is 24.1 Å². The van der Waals surface area contributed by atoms with Gasteiger partial charge in [-0.05, 0) is 12.1 Å².